The van der Waals surface area contributed by atoms with E-state index in [-0.39, 0.29) is 23.6 Å². The summed E-state index contributed by atoms with van der Waals surface area (Å²) in [5.74, 6) is 0.793. The highest BCUT2D eigenvalue weighted by molar-refractivity contribution is 8.14. The van der Waals surface area contributed by atoms with Crippen LogP contribution in [0.5, 0.6) is 5.75 Å². The molecular weight excluding hydrogens is 617 g/mol. The van der Waals surface area contributed by atoms with Crippen LogP contribution in [0, 0.1) is 6.92 Å². The van der Waals surface area contributed by atoms with Gasteiger partial charge in [0.15, 0.2) is 11.0 Å². The average Bonchev–Trinajstić information content (AvgIpc) is 3.63. The second-order valence-electron chi connectivity index (χ2n) is 11.5. The molecule has 0 radical (unpaired) electrons. The Kier molecular flexibility index (Phi) is 8.60. The van der Waals surface area contributed by atoms with E-state index in [1.54, 1.807) is 4.90 Å². The number of amides is 3. The number of nitrogens with zero attached hydrogens (tertiary/aromatic N) is 5. The molecule has 0 saturated carbocycles. The van der Waals surface area contributed by atoms with Crippen molar-refractivity contribution in [3.8, 4) is 22.8 Å². The molecule has 3 aromatic carbocycles. The summed E-state index contributed by atoms with van der Waals surface area (Å²) in [7, 11) is 0. The Morgan fingerprint density at radius 2 is 1.83 bits per heavy atom. The van der Waals surface area contributed by atoms with Gasteiger partial charge in [-0.3, -0.25) is 9.69 Å². The van der Waals surface area contributed by atoms with E-state index in [1.807, 2.05) is 43.3 Å². The predicted molar refractivity (Wildman–Crippen MR) is 170 cm³/mol. The van der Waals surface area contributed by atoms with Crippen LogP contribution in [0.3, 0.4) is 0 Å². The third kappa shape index (κ3) is 6.94. The summed E-state index contributed by atoms with van der Waals surface area (Å²) >= 11 is 1.40. The molecule has 1 saturated heterocycles. The minimum atomic E-state index is -4.76. The third-order valence-electron chi connectivity index (χ3n) is 7.79. The molecular formula is C33H31F3N6O3S. The fraction of sp³-hybridized carbons (Fsp3) is 0.303. The maximum absolute atomic E-state index is 13.2. The van der Waals surface area contributed by atoms with Gasteiger partial charge in [0.2, 0.25) is 5.91 Å². The van der Waals surface area contributed by atoms with E-state index in [2.05, 4.69) is 39.0 Å². The van der Waals surface area contributed by atoms with Crippen molar-refractivity contribution >= 4 is 34.6 Å². The van der Waals surface area contributed by atoms with Gasteiger partial charge in [0.1, 0.15) is 12.1 Å². The number of hydrogen-bond acceptors (Lipinski definition) is 6. The zero-order chi connectivity index (χ0) is 32.6. The molecule has 1 N–H and O–H groups in total. The van der Waals surface area contributed by atoms with E-state index in [0.29, 0.717) is 41.7 Å². The van der Waals surface area contributed by atoms with Gasteiger partial charge in [-0.1, -0.05) is 49.9 Å². The van der Waals surface area contributed by atoms with Crippen LogP contribution in [0.2, 0.25) is 0 Å². The zero-order valence-corrected chi connectivity index (χ0v) is 26.2. The van der Waals surface area contributed by atoms with Gasteiger partial charge in [0.25, 0.3) is 0 Å². The maximum atomic E-state index is 13.2. The molecule has 46 heavy (non-hydrogen) atoms. The summed E-state index contributed by atoms with van der Waals surface area (Å²) in [5.41, 5.74) is 6.24. The molecule has 2 heterocycles. The van der Waals surface area contributed by atoms with Crippen molar-refractivity contribution in [1.29, 1.82) is 0 Å². The van der Waals surface area contributed by atoms with Crippen LogP contribution in [-0.4, -0.2) is 50.0 Å². The highest BCUT2D eigenvalue weighted by Gasteiger charge is 2.32. The number of halogens is 3. The predicted octanol–water partition coefficient (Wildman–Crippen LogP) is 6.97. The van der Waals surface area contributed by atoms with Crippen LogP contribution in [0.4, 0.5) is 23.7 Å². The molecule has 0 spiro atoms. The largest absolute Gasteiger partial charge is 0.573 e. The van der Waals surface area contributed by atoms with E-state index >= 15 is 0 Å². The summed E-state index contributed by atoms with van der Waals surface area (Å²) in [6.07, 6.45) is -1.69. The normalized spacial score (nSPS) is 17.5. The molecule has 9 nitrogen and oxygen atoms in total. The smallest absolute Gasteiger partial charge is 0.406 e. The Hall–Kier alpha value is -4.65. The Morgan fingerprint density at radius 1 is 1.07 bits per heavy atom. The van der Waals surface area contributed by atoms with Crippen LogP contribution in [0.25, 0.3) is 17.1 Å². The minimum Gasteiger partial charge on any atom is -0.406 e. The Labute approximate surface area is 267 Å². The van der Waals surface area contributed by atoms with Crippen molar-refractivity contribution in [2.45, 2.75) is 58.4 Å². The summed E-state index contributed by atoms with van der Waals surface area (Å²) in [5, 5.41) is 7.89. The number of carbonyl (C=O) groups excluding carboxylic acids is 2. The lowest BCUT2D eigenvalue weighted by molar-refractivity contribution is -0.274. The molecule has 13 heteroatoms. The number of urea groups is 1. The van der Waals surface area contributed by atoms with Crippen LogP contribution >= 0.6 is 11.8 Å². The molecule has 1 aromatic heterocycles. The van der Waals surface area contributed by atoms with Gasteiger partial charge >= 0.3 is 12.4 Å². The average molecular weight is 649 g/mol. The summed E-state index contributed by atoms with van der Waals surface area (Å²) in [6, 6.07) is 16.6. The van der Waals surface area contributed by atoms with Crippen molar-refractivity contribution in [2.75, 3.05) is 10.7 Å². The van der Waals surface area contributed by atoms with Gasteiger partial charge < -0.3 is 10.1 Å². The van der Waals surface area contributed by atoms with Gasteiger partial charge in [-0.05, 0) is 84.3 Å². The van der Waals surface area contributed by atoms with E-state index in [0.717, 1.165) is 33.5 Å². The van der Waals surface area contributed by atoms with Crippen LogP contribution in [0.15, 0.2) is 72.0 Å². The first-order chi connectivity index (χ1) is 21.9. The Balaban J connectivity index is 1.14. The molecule has 238 valence electrons. The molecule has 2 aliphatic rings. The number of thioether (sulfide) groups is 1. The molecule has 1 unspecified atom stereocenters. The van der Waals surface area contributed by atoms with E-state index < -0.39 is 12.4 Å². The van der Waals surface area contributed by atoms with Gasteiger partial charge in [-0.2, -0.15) is 4.99 Å². The molecule has 4 aromatic rings. The topological polar surface area (TPSA) is 102 Å². The molecule has 1 aliphatic carbocycles. The second kappa shape index (κ2) is 12.6. The summed E-state index contributed by atoms with van der Waals surface area (Å²) in [4.78, 5) is 36.6. The summed E-state index contributed by atoms with van der Waals surface area (Å²) < 4.78 is 42.8. The van der Waals surface area contributed by atoms with Crippen LogP contribution < -0.4 is 15.0 Å². The molecule has 1 fully saturated rings. The van der Waals surface area contributed by atoms with Gasteiger partial charge in [0.05, 0.1) is 11.4 Å². The SMILES string of the molecule is Cc1ccc(C(C)C)c(N2C(=O)CCSC2=NC(=O)NC2Cc3ccc(-c4ncn(-c5ccc(OC(F)(F)F)cc5)n4)cc3C2)c1. The molecule has 6 rings (SSSR count). The zero-order valence-electron chi connectivity index (χ0n) is 25.3. The standard InChI is InChI=1S/C33H31F3N6O3S/c1-19(2)27-11-4-20(3)14-28(27)42-29(43)12-13-46-32(42)39-31(44)38-24-16-21-5-6-22(15-23(21)17-24)30-37-18-41(40-30)25-7-9-26(10-8-25)45-33(34,35)36/h4-11,14-15,18-19,24H,12-13,16-17H2,1-3H3,(H,38,44). The fourth-order valence-corrected chi connectivity index (χ4v) is 6.58. The number of anilines is 1. The third-order valence-corrected chi connectivity index (χ3v) is 8.73. The second-order valence-corrected chi connectivity index (χ2v) is 12.6. The lowest BCUT2D eigenvalue weighted by Crippen LogP contribution is -2.42. The number of nitrogens with one attached hydrogen (secondary N) is 1. The van der Waals surface area contributed by atoms with E-state index in [9.17, 15) is 22.8 Å². The number of benzene rings is 3. The van der Waals surface area contributed by atoms with Crippen molar-refractivity contribution < 1.29 is 27.5 Å². The number of aryl methyl sites for hydroxylation is 1. The van der Waals surface area contributed by atoms with Crippen molar-refractivity contribution in [3.63, 3.8) is 0 Å². The number of aromatic nitrogens is 3. The number of amidine groups is 1. The fourth-order valence-electron chi connectivity index (χ4n) is 5.64. The van der Waals surface area contributed by atoms with Gasteiger partial charge in [-0.25, -0.2) is 14.5 Å². The highest BCUT2D eigenvalue weighted by Crippen LogP contribution is 2.34. The first kappa shape index (κ1) is 31.3. The first-order valence-corrected chi connectivity index (χ1v) is 15.8. The lowest BCUT2D eigenvalue weighted by Gasteiger charge is -2.30. The molecule has 3 amide bonds. The number of ether oxygens (including phenoxy) is 1. The quantitative estimate of drug-likeness (QED) is 0.243. The number of hydrogen-bond donors (Lipinski definition) is 1. The monoisotopic (exact) mass is 648 g/mol. The molecule has 0 bridgehead atoms. The van der Waals surface area contributed by atoms with Crippen LogP contribution in [0.1, 0.15) is 48.4 Å². The lowest BCUT2D eigenvalue weighted by atomic mass is 9.98. The number of fused-ring (bicyclic) bond motifs is 1. The first-order valence-electron chi connectivity index (χ1n) is 14.8. The van der Waals surface area contributed by atoms with Crippen molar-refractivity contribution in [1.82, 2.24) is 20.1 Å². The van der Waals surface area contributed by atoms with Crippen LogP contribution in [-0.2, 0) is 17.6 Å². The number of rotatable bonds is 6. The van der Waals surface area contributed by atoms with Crippen molar-refractivity contribution in [2.24, 2.45) is 4.99 Å². The van der Waals surface area contributed by atoms with Crippen molar-refractivity contribution in [3.05, 3.63) is 89.2 Å². The number of aliphatic imine (C=N–C) groups is 1. The van der Waals surface area contributed by atoms with E-state index in [1.165, 1.54) is 47.0 Å². The molecule has 1 atom stereocenters. The Morgan fingerprint density at radius 3 is 2.57 bits per heavy atom. The molecule has 1 aliphatic heterocycles. The van der Waals surface area contributed by atoms with Gasteiger partial charge in [0, 0.05) is 23.8 Å². The highest BCUT2D eigenvalue weighted by atomic mass is 32.2. The van der Waals surface area contributed by atoms with E-state index in [4.69, 9.17) is 0 Å². The number of carbonyl (C=O) groups is 2. The minimum absolute atomic E-state index is 0.0814. The summed E-state index contributed by atoms with van der Waals surface area (Å²) in [6.45, 7) is 6.12. The van der Waals surface area contributed by atoms with Gasteiger partial charge in [-0.15, -0.1) is 18.3 Å². The Bertz CT molecular complexity index is 1820. The number of alkyl halides is 3. The maximum Gasteiger partial charge on any atom is 0.573 e.